The highest BCUT2D eigenvalue weighted by Crippen LogP contribution is 2.23. The number of nitrogens with one attached hydrogen (secondary N) is 2. The summed E-state index contributed by atoms with van der Waals surface area (Å²) in [6.45, 7) is 1.58. The van der Waals surface area contributed by atoms with Crippen LogP contribution in [0.2, 0.25) is 0 Å². The fraction of sp³-hybridized carbons (Fsp3) is 0.579. The molecule has 0 saturated carbocycles. The minimum Gasteiger partial charge on any atom is -0.435 e. The van der Waals surface area contributed by atoms with Crippen molar-refractivity contribution in [3.63, 3.8) is 0 Å². The smallest absolute Gasteiger partial charge is 0.387 e. The first-order valence-electron chi connectivity index (χ1n) is 9.44. The molecule has 0 aliphatic carbocycles. The van der Waals surface area contributed by atoms with Crippen LogP contribution < -0.4 is 20.3 Å². The van der Waals surface area contributed by atoms with Gasteiger partial charge in [0.1, 0.15) is 12.3 Å². The Labute approximate surface area is 187 Å². The van der Waals surface area contributed by atoms with Crippen LogP contribution in [0.4, 0.5) is 14.5 Å². The summed E-state index contributed by atoms with van der Waals surface area (Å²) in [6, 6.07) is 6.84. The molecule has 1 aromatic rings. The maximum absolute atomic E-state index is 12.3. The average Bonchev–Trinajstić information content (AvgIpc) is 2.66. The minimum atomic E-state index is -2.82. The molecule has 10 heteroatoms. The number of halogens is 3. The number of hydrogen-bond acceptors (Lipinski definition) is 4. The Bertz CT molecular complexity index is 659. The van der Waals surface area contributed by atoms with Crippen molar-refractivity contribution in [1.82, 2.24) is 15.5 Å². The van der Waals surface area contributed by atoms with Crippen LogP contribution in [0.25, 0.3) is 0 Å². The molecule has 1 fully saturated rings. The number of hydrogen-bond donors (Lipinski definition) is 2. The first-order valence-corrected chi connectivity index (χ1v) is 9.44. The topological polar surface area (TPSA) is 69.2 Å². The van der Waals surface area contributed by atoms with E-state index in [0.29, 0.717) is 12.5 Å². The maximum Gasteiger partial charge on any atom is 0.387 e. The first-order chi connectivity index (χ1) is 13.4. The third-order valence-electron chi connectivity index (χ3n) is 4.40. The van der Waals surface area contributed by atoms with Crippen LogP contribution in [0, 0.1) is 0 Å². The minimum absolute atomic E-state index is 0. The molecule has 2 N–H and O–H groups in total. The molecule has 0 aromatic heterocycles. The molecule has 0 bridgehead atoms. The van der Waals surface area contributed by atoms with E-state index in [-0.39, 0.29) is 48.2 Å². The number of carbonyl (C=O) groups excluding carboxylic acids is 1. The fourth-order valence-corrected chi connectivity index (χ4v) is 2.97. The Balaban J connectivity index is 0.00000420. The average molecular weight is 525 g/mol. The predicted molar refractivity (Wildman–Crippen MR) is 122 cm³/mol. The lowest BCUT2D eigenvalue weighted by atomic mass is 10.0. The number of likely N-dealkylation sites (N-methyl/N-ethyl adjacent to an activating group) is 1. The lowest BCUT2D eigenvalue weighted by molar-refractivity contribution is -0.127. The van der Waals surface area contributed by atoms with E-state index in [2.05, 4.69) is 25.3 Å². The van der Waals surface area contributed by atoms with Gasteiger partial charge in [0, 0.05) is 45.5 Å². The molecule has 1 aliphatic heterocycles. The molecular formula is C19H30F2IN5O2. The van der Waals surface area contributed by atoms with Crippen LogP contribution in [0.1, 0.15) is 19.8 Å². The number of aliphatic imine (C=N–C) groups is 1. The van der Waals surface area contributed by atoms with Crippen LogP contribution in [-0.4, -0.2) is 69.7 Å². The van der Waals surface area contributed by atoms with Crippen molar-refractivity contribution in [2.75, 3.05) is 45.2 Å². The Hall–Kier alpha value is -1.85. The van der Waals surface area contributed by atoms with E-state index in [1.165, 1.54) is 4.90 Å². The quantitative estimate of drug-likeness (QED) is 0.326. The second kappa shape index (κ2) is 12.7. The first kappa shape index (κ1) is 25.2. The zero-order valence-electron chi connectivity index (χ0n) is 17.0. The van der Waals surface area contributed by atoms with Gasteiger partial charge in [-0.15, -0.1) is 24.0 Å². The van der Waals surface area contributed by atoms with E-state index in [0.717, 1.165) is 31.6 Å². The summed E-state index contributed by atoms with van der Waals surface area (Å²) >= 11 is 0. The molecule has 0 radical (unpaired) electrons. The van der Waals surface area contributed by atoms with Gasteiger partial charge in [-0.1, -0.05) is 0 Å². The van der Waals surface area contributed by atoms with Crippen LogP contribution in [0.3, 0.4) is 0 Å². The van der Waals surface area contributed by atoms with E-state index in [1.807, 2.05) is 6.92 Å². The van der Waals surface area contributed by atoms with Gasteiger partial charge >= 0.3 is 6.61 Å². The van der Waals surface area contributed by atoms with Crippen LogP contribution in [0.15, 0.2) is 29.3 Å². The summed E-state index contributed by atoms with van der Waals surface area (Å²) in [5, 5.41) is 6.56. The predicted octanol–water partition coefficient (Wildman–Crippen LogP) is 2.52. The van der Waals surface area contributed by atoms with Crippen LogP contribution in [-0.2, 0) is 4.79 Å². The standard InChI is InChI=1S/C19H29F2N5O2.HI/c1-4-22-19(23-12-17(27)25(2)3)24-14-6-5-11-26(13-14)15-7-9-16(10-8-15)28-18(20)21;/h7-10,14,18H,4-6,11-13H2,1-3H3,(H2,22,23,24);1H. The van der Waals surface area contributed by atoms with Crippen molar-refractivity contribution in [1.29, 1.82) is 0 Å². The largest absolute Gasteiger partial charge is 0.435 e. The van der Waals surface area contributed by atoms with Gasteiger partial charge in [-0.05, 0) is 44.0 Å². The van der Waals surface area contributed by atoms with E-state index in [9.17, 15) is 13.6 Å². The summed E-state index contributed by atoms with van der Waals surface area (Å²) in [4.78, 5) is 19.8. The number of guanidine groups is 1. The number of benzene rings is 1. The van der Waals surface area contributed by atoms with Crippen LogP contribution >= 0.6 is 24.0 Å². The summed E-state index contributed by atoms with van der Waals surface area (Å²) in [5.74, 6) is 0.705. The van der Waals surface area contributed by atoms with Crippen molar-refractivity contribution in [3.8, 4) is 5.75 Å². The molecule has 1 atom stereocenters. The number of ether oxygens (including phenoxy) is 1. The Morgan fingerprint density at radius 1 is 1.34 bits per heavy atom. The third kappa shape index (κ3) is 8.58. The highest BCUT2D eigenvalue weighted by atomic mass is 127. The molecule has 2 rings (SSSR count). The van der Waals surface area contributed by atoms with E-state index in [4.69, 9.17) is 0 Å². The van der Waals surface area contributed by atoms with Gasteiger partial charge in [-0.25, -0.2) is 4.99 Å². The number of nitrogens with zero attached hydrogens (tertiary/aromatic N) is 3. The zero-order valence-corrected chi connectivity index (χ0v) is 19.4. The van der Waals surface area contributed by atoms with E-state index in [1.54, 1.807) is 38.4 Å². The Morgan fingerprint density at radius 2 is 2.03 bits per heavy atom. The number of anilines is 1. The van der Waals surface area contributed by atoms with Crippen molar-refractivity contribution < 1.29 is 18.3 Å². The van der Waals surface area contributed by atoms with Crippen molar-refractivity contribution in [2.45, 2.75) is 32.4 Å². The number of rotatable bonds is 7. The summed E-state index contributed by atoms with van der Waals surface area (Å²) in [5.41, 5.74) is 0.956. The normalized spacial score (nSPS) is 16.8. The second-order valence-corrected chi connectivity index (χ2v) is 6.79. The highest BCUT2D eigenvalue weighted by molar-refractivity contribution is 14.0. The monoisotopic (exact) mass is 525 g/mol. The molecule has 1 heterocycles. The summed E-state index contributed by atoms with van der Waals surface area (Å²) in [7, 11) is 3.41. The van der Waals surface area contributed by atoms with Gasteiger partial charge in [-0.2, -0.15) is 8.78 Å². The molecular weight excluding hydrogens is 495 g/mol. The molecule has 1 aliphatic rings. The van der Waals surface area contributed by atoms with E-state index < -0.39 is 6.61 Å². The lowest BCUT2D eigenvalue weighted by Crippen LogP contribution is -2.51. The van der Waals surface area contributed by atoms with Gasteiger partial charge in [0.15, 0.2) is 5.96 Å². The lowest BCUT2D eigenvalue weighted by Gasteiger charge is -2.35. The second-order valence-electron chi connectivity index (χ2n) is 6.79. The van der Waals surface area contributed by atoms with Gasteiger partial charge < -0.3 is 25.2 Å². The molecule has 1 unspecified atom stereocenters. The number of carbonyl (C=O) groups is 1. The van der Waals surface area contributed by atoms with Crippen LogP contribution in [0.5, 0.6) is 5.75 Å². The molecule has 7 nitrogen and oxygen atoms in total. The zero-order chi connectivity index (χ0) is 20.5. The van der Waals surface area contributed by atoms with Crippen molar-refractivity contribution >= 4 is 41.5 Å². The highest BCUT2D eigenvalue weighted by Gasteiger charge is 2.21. The third-order valence-corrected chi connectivity index (χ3v) is 4.40. The molecule has 29 heavy (non-hydrogen) atoms. The van der Waals surface area contributed by atoms with Gasteiger partial charge in [0.2, 0.25) is 5.91 Å². The molecule has 0 spiro atoms. The fourth-order valence-electron chi connectivity index (χ4n) is 2.97. The Morgan fingerprint density at radius 3 is 2.62 bits per heavy atom. The summed E-state index contributed by atoms with van der Waals surface area (Å²) < 4.78 is 29.0. The number of amides is 1. The molecule has 1 amide bonds. The SMILES string of the molecule is CCNC(=NCC(=O)N(C)C)NC1CCCN(c2ccc(OC(F)F)cc2)C1.I. The molecule has 1 aromatic carbocycles. The number of alkyl halides is 2. The van der Waals surface area contributed by atoms with E-state index >= 15 is 0 Å². The van der Waals surface area contributed by atoms with Crippen molar-refractivity contribution in [2.24, 2.45) is 4.99 Å². The van der Waals surface area contributed by atoms with Gasteiger partial charge in [0.25, 0.3) is 0 Å². The number of piperidine rings is 1. The molecule has 1 saturated heterocycles. The summed E-state index contributed by atoms with van der Waals surface area (Å²) in [6.07, 6.45) is 1.97. The van der Waals surface area contributed by atoms with Crippen molar-refractivity contribution in [3.05, 3.63) is 24.3 Å². The Kier molecular flexibility index (Phi) is 11.0. The maximum atomic E-state index is 12.3. The van der Waals surface area contributed by atoms with Gasteiger partial charge in [-0.3, -0.25) is 4.79 Å². The van der Waals surface area contributed by atoms with Gasteiger partial charge in [0.05, 0.1) is 0 Å². The molecule has 164 valence electrons.